The number of halogens is 1. The first-order chi connectivity index (χ1) is 10.1. The van der Waals surface area contributed by atoms with Gasteiger partial charge in [0.2, 0.25) is 5.82 Å². The van der Waals surface area contributed by atoms with Gasteiger partial charge in [0.1, 0.15) is 6.54 Å². The average Bonchev–Trinajstić information content (AvgIpc) is 3.08. The van der Waals surface area contributed by atoms with Gasteiger partial charge in [-0.2, -0.15) is 9.90 Å². The highest BCUT2D eigenvalue weighted by molar-refractivity contribution is 6.30. The van der Waals surface area contributed by atoms with Crippen molar-refractivity contribution in [1.82, 2.24) is 30.0 Å². The van der Waals surface area contributed by atoms with Crippen LogP contribution in [0.25, 0.3) is 11.4 Å². The number of hydrogen-bond donors (Lipinski definition) is 0. The van der Waals surface area contributed by atoms with Crippen molar-refractivity contribution in [3.8, 4) is 11.4 Å². The Kier molecular flexibility index (Phi) is 3.49. The smallest absolute Gasteiger partial charge is 0.208 e. The Morgan fingerprint density at radius 1 is 1.29 bits per heavy atom. The lowest BCUT2D eigenvalue weighted by Gasteiger charge is -2.01. The highest BCUT2D eigenvalue weighted by Crippen LogP contribution is 2.13. The zero-order valence-electron chi connectivity index (χ0n) is 11.1. The van der Waals surface area contributed by atoms with Crippen LogP contribution in [0.1, 0.15) is 10.4 Å². The van der Waals surface area contributed by atoms with Crippen LogP contribution in [-0.2, 0) is 13.6 Å². The van der Waals surface area contributed by atoms with Crippen LogP contribution < -0.4 is 0 Å². The number of ketones is 1. The molecule has 1 aromatic carbocycles. The van der Waals surface area contributed by atoms with Crippen molar-refractivity contribution >= 4 is 17.4 Å². The summed E-state index contributed by atoms with van der Waals surface area (Å²) in [7, 11) is 1.69. The molecule has 3 aromatic rings. The van der Waals surface area contributed by atoms with Gasteiger partial charge in [0.15, 0.2) is 5.78 Å². The van der Waals surface area contributed by atoms with E-state index in [0.717, 1.165) is 0 Å². The molecule has 0 saturated heterocycles. The normalized spacial score (nSPS) is 10.8. The van der Waals surface area contributed by atoms with E-state index in [-0.39, 0.29) is 12.3 Å². The standard InChI is InChI=1S/C13H11ClN6O/c1-19-17-13(16-18-19)10-6-15-20(7-10)8-12(21)9-2-4-11(14)5-3-9/h2-7H,8H2,1H3. The summed E-state index contributed by atoms with van der Waals surface area (Å²) in [5.74, 6) is 0.427. The van der Waals surface area contributed by atoms with E-state index < -0.39 is 0 Å². The molecule has 0 aliphatic carbocycles. The number of tetrazole rings is 1. The predicted octanol–water partition coefficient (Wildman–Crippen LogP) is 1.61. The molecule has 8 heteroatoms. The van der Waals surface area contributed by atoms with Gasteiger partial charge >= 0.3 is 0 Å². The number of hydrogen-bond acceptors (Lipinski definition) is 5. The van der Waals surface area contributed by atoms with Gasteiger partial charge < -0.3 is 0 Å². The molecule has 0 radical (unpaired) electrons. The van der Waals surface area contributed by atoms with Crippen LogP contribution in [0.15, 0.2) is 36.7 Å². The van der Waals surface area contributed by atoms with E-state index in [4.69, 9.17) is 11.6 Å². The Hall–Kier alpha value is -2.54. The number of Topliss-reactive ketones (excluding diaryl/α,β-unsaturated/α-hetero) is 1. The van der Waals surface area contributed by atoms with Gasteiger partial charge in [0.05, 0.1) is 18.8 Å². The third kappa shape index (κ3) is 2.97. The zero-order chi connectivity index (χ0) is 14.8. The molecular formula is C13H11ClN6O. The number of aryl methyl sites for hydroxylation is 1. The van der Waals surface area contributed by atoms with Crippen molar-refractivity contribution in [3.63, 3.8) is 0 Å². The minimum atomic E-state index is -0.0478. The van der Waals surface area contributed by atoms with E-state index in [1.165, 1.54) is 4.80 Å². The van der Waals surface area contributed by atoms with Crippen LogP contribution >= 0.6 is 11.6 Å². The number of aromatic nitrogens is 6. The molecule has 21 heavy (non-hydrogen) atoms. The van der Waals surface area contributed by atoms with Gasteiger partial charge in [-0.15, -0.1) is 10.2 Å². The molecule has 0 bridgehead atoms. The highest BCUT2D eigenvalue weighted by atomic mass is 35.5. The maximum absolute atomic E-state index is 12.1. The number of benzene rings is 1. The monoisotopic (exact) mass is 302 g/mol. The molecule has 0 spiro atoms. The first kappa shape index (κ1) is 13.4. The Morgan fingerprint density at radius 3 is 2.71 bits per heavy atom. The summed E-state index contributed by atoms with van der Waals surface area (Å²) in [6.45, 7) is 0.141. The lowest BCUT2D eigenvalue weighted by atomic mass is 10.1. The fraction of sp³-hybridized carbons (Fsp3) is 0.154. The summed E-state index contributed by atoms with van der Waals surface area (Å²) in [4.78, 5) is 13.5. The Morgan fingerprint density at radius 2 is 2.05 bits per heavy atom. The van der Waals surface area contributed by atoms with E-state index in [9.17, 15) is 4.79 Å². The third-order valence-corrected chi connectivity index (χ3v) is 3.12. The number of rotatable bonds is 4. The fourth-order valence-electron chi connectivity index (χ4n) is 1.84. The second-order valence-corrected chi connectivity index (χ2v) is 4.90. The van der Waals surface area contributed by atoms with Crippen LogP contribution in [0.4, 0.5) is 0 Å². The summed E-state index contributed by atoms with van der Waals surface area (Å²) < 4.78 is 1.54. The van der Waals surface area contributed by atoms with Crippen LogP contribution in [0.3, 0.4) is 0 Å². The van der Waals surface area contributed by atoms with Gasteiger partial charge in [0, 0.05) is 16.8 Å². The van der Waals surface area contributed by atoms with E-state index in [0.29, 0.717) is 22.0 Å². The summed E-state index contributed by atoms with van der Waals surface area (Å²) >= 11 is 5.80. The van der Waals surface area contributed by atoms with E-state index in [2.05, 4.69) is 20.5 Å². The molecule has 2 aromatic heterocycles. The van der Waals surface area contributed by atoms with Gasteiger partial charge in [-0.05, 0) is 29.5 Å². The first-order valence-electron chi connectivity index (χ1n) is 6.17. The average molecular weight is 303 g/mol. The first-order valence-corrected chi connectivity index (χ1v) is 6.55. The molecule has 2 heterocycles. The summed E-state index contributed by atoms with van der Waals surface area (Å²) in [6, 6.07) is 6.76. The van der Waals surface area contributed by atoms with Crippen molar-refractivity contribution in [3.05, 3.63) is 47.2 Å². The minimum absolute atomic E-state index is 0.0478. The van der Waals surface area contributed by atoms with Crippen LogP contribution in [0.2, 0.25) is 5.02 Å². The molecule has 0 amide bonds. The van der Waals surface area contributed by atoms with Crippen LogP contribution in [0.5, 0.6) is 0 Å². The van der Waals surface area contributed by atoms with Crippen molar-refractivity contribution < 1.29 is 4.79 Å². The predicted molar refractivity (Wildman–Crippen MR) is 75.8 cm³/mol. The van der Waals surface area contributed by atoms with E-state index in [1.54, 1.807) is 48.4 Å². The Balaban J connectivity index is 1.75. The van der Waals surface area contributed by atoms with Crippen molar-refractivity contribution in [2.45, 2.75) is 6.54 Å². The lowest BCUT2D eigenvalue weighted by molar-refractivity contribution is 0.0968. The maximum Gasteiger partial charge on any atom is 0.208 e. The van der Waals surface area contributed by atoms with Crippen LogP contribution in [-0.4, -0.2) is 35.8 Å². The molecule has 0 atom stereocenters. The number of carbonyl (C=O) groups excluding carboxylic acids is 1. The van der Waals surface area contributed by atoms with Gasteiger partial charge in [-0.3, -0.25) is 9.48 Å². The highest BCUT2D eigenvalue weighted by Gasteiger charge is 2.11. The molecule has 7 nitrogen and oxygen atoms in total. The summed E-state index contributed by atoms with van der Waals surface area (Å²) in [5.41, 5.74) is 1.31. The molecule has 0 fully saturated rings. The van der Waals surface area contributed by atoms with Crippen molar-refractivity contribution in [1.29, 1.82) is 0 Å². The van der Waals surface area contributed by atoms with Gasteiger partial charge in [0.25, 0.3) is 0 Å². The SMILES string of the molecule is Cn1nnc(-c2cnn(CC(=O)c3ccc(Cl)cc3)c2)n1. The molecule has 0 N–H and O–H groups in total. The van der Waals surface area contributed by atoms with Crippen molar-refractivity contribution in [2.24, 2.45) is 7.05 Å². The van der Waals surface area contributed by atoms with E-state index in [1.807, 2.05) is 0 Å². The second kappa shape index (κ2) is 5.45. The molecule has 0 aliphatic heterocycles. The second-order valence-electron chi connectivity index (χ2n) is 4.46. The van der Waals surface area contributed by atoms with Gasteiger partial charge in [-0.25, -0.2) is 0 Å². The molecule has 0 aliphatic rings. The largest absolute Gasteiger partial charge is 0.292 e. The zero-order valence-corrected chi connectivity index (χ0v) is 11.9. The lowest BCUT2D eigenvalue weighted by Crippen LogP contribution is -2.10. The molecular weight excluding hydrogens is 292 g/mol. The fourth-order valence-corrected chi connectivity index (χ4v) is 1.97. The van der Waals surface area contributed by atoms with Crippen molar-refractivity contribution in [2.75, 3.05) is 0 Å². The molecule has 0 saturated carbocycles. The van der Waals surface area contributed by atoms with Crippen LogP contribution in [0, 0.1) is 0 Å². The number of nitrogens with zero attached hydrogens (tertiary/aromatic N) is 6. The topological polar surface area (TPSA) is 78.5 Å². The molecule has 3 rings (SSSR count). The minimum Gasteiger partial charge on any atom is -0.292 e. The quantitative estimate of drug-likeness (QED) is 0.684. The molecule has 0 unspecified atom stereocenters. The third-order valence-electron chi connectivity index (χ3n) is 2.87. The maximum atomic E-state index is 12.1. The summed E-state index contributed by atoms with van der Waals surface area (Å²) in [6.07, 6.45) is 3.32. The van der Waals surface area contributed by atoms with E-state index >= 15 is 0 Å². The Bertz CT molecular complexity index is 776. The Labute approximate surface area is 125 Å². The van der Waals surface area contributed by atoms with Gasteiger partial charge in [-0.1, -0.05) is 11.6 Å². The summed E-state index contributed by atoms with van der Waals surface area (Å²) in [5, 5.41) is 16.5. The molecule has 106 valence electrons. The number of carbonyl (C=O) groups is 1.